The van der Waals surface area contributed by atoms with Crippen molar-refractivity contribution >= 4 is 28.5 Å². The molecular formula is C20H25N3O4. The Morgan fingerprint density at radius 1 is 1.19 bits per heavy atom. The molecule has 3 rings (SSSR count). The van der Waals surface area contributed by atoms with E-state index in [1.165, 1.54) is 0 Å². The summed E-state index contributed by atoms with van der Waals surface area (Å²) in [6, 6.07) is 7.25. The zero-order valence-corrected chi connectivity index (χ0v) is 15.7. The number of hydrogen-bond acceptors (Lipinski definition) is 4. The Labute approximate surface area is 158 Å². The highest BCUT2D eigenvalue weighted by atomic mass is 16.5. The quantitative estimate of drug-likeness (QED) is 0.618. The van der Waals surface area contributed by atoms with Gasteiger partial charge in [0.05, 0.1) is 18.8 Å². The number of fused-ring (bicyclic) bond motifs is 1. The van der Waals surface area contributed by atoms with Crippen molar-refractivity contribution in [3.63, 3.8) is 0 Å². The molecule has 1 unspecified atom stereocenters. The number of benzene rings is 1. The van der Waals surface area contributed by atoms with Gasteiger partial charge in [0.25, 0.3) is 11.7 Å². The van der Waals surface area contributed by atoms with Gasteiger partial charge in [-0.15, -0.1) is 0 Å². The lowest BCUT2D eigenvalue weighted by atomic mass is 10.1. The van der Waals surface area contributed by atoms with E-state index in [1.54, 1.807) is 21.7 Å². The lowest BCUT2D eigenvalue weighted by molar-refractivity contribution is -0.135. The fourth-order valence-electron chi connectivity index (χ4n) is 3.13. The number of para-hydroxylation sites is 1. The summed E-state index contributed by atoms with van der Waals surface area (Å²) in [6.07, 6.45) is 2.36. The van der Waals surface area contributed by atoms with Crippen molar-refractivity contribution in [2.24, 2.45) is 0 Å². The Bertz CT molecular complexity index is 852. The molecule has 0 bridgehead atoms. The molecule has 27 heavy (non-hydrogen) atoms. The third kappa shape index (κ3) is 4.19. The number of hydrogen-bond donors (Lipinski definition) is 1. The molecule has 144 valence electrons. The zero-order chi connectivity index (χ0) is 19.4. The summed E-state index contributed by atoms with van der Waals surface area (Å²) in [6.45, 7) is 6.15. The largest absolute Gasteiger partial charge is 0.378 e. The van der Waals surface area contributed by atoms with Gasteiger partial charge in [0.15, 0.2) is 0 Å². The van der Waals surface area contributed by atoms with E-state index in [0.29, 0.717) is 37.3 Å². The molecule has 7 nitrogen and oxygen atoms in total. The molecule has 0 radical (unpaired) electrons. The van der Waals surface area contributed by atoms with Crippen LogP contribution in [0.2, 0.25) is 0 Å². The number of Topliss-reactive ketones (excluding diaryl/α,β-unsaturated/α-hetero) is 1. The summed E-state index contributed by atoms with van der Waals surface area (Å²) in [4.78, 5) is 39.3. The van der Waals surface area contributed by atoms with Gasteiger partial charge in [0.1, 0.15) is 6.54 Å². The van der Waals surface area contributed by atoms with E-state index in [-0.39, 0.29) is 18.5 Å². The minimum Gasteiger partial charge on any atom is -0.378 e. The van der Waals surface area contributed by atoms with Crippen LogP contribution < -0.4 is 5.32 Å². The van der Waals surface area contributed by atoms with Crippen LogP contribution in [0.5, 0.6) is 0 Å². The van der Waals surface area contributed by atoms with Gasteiger partial charge in [-0.3, -0.25) is 14.4 Å². The molecule has 7 heteroatoms. The number of nitrogens with one attached hydrogen (secondary N) is 1. The molecule has 1 atom stereocenters. The predicted molar refractivity (Wildman–Crippen MR) is 102 cm³/mol. The molecule has 1 aliphatic heterocycles. The van der Waals surface area contributed by atoms with E-state index in [1.807, 2.05) is 32.0 Å². The van der Waals surface area contributed by atoms with Crippen LogP contribution in [0.15, 0.2) is 30.5 Å². The second kappa shape index (κ2) is 8.35. The number of aromatic nitrogens is 1. The maximum atomic E-state index is 12.7. The second-order valence-electron chi connectivity index (χ2n) is 6.79. The third-order valence-corrected chi connectivity index (χ3v) is 4.90. The van der Waals surface area contributed by atoms with Gasteiger partial charge in [-0.05, 0) is 19.4 Å². The molecule has 0 aliphatic carbocycles. The SMILES string of the molecule is CCC(C)NC(=O)C(=O)c1cn(CC(=O)N2CCOCC2)c2ccccc12. The number of ether oxygens (including phenoxy) is 1. The Morgan fingerprint density at radius 3 is 2.59 bits per heavy atom. The van der Waals surface area contributed by atoms with Gasteiger partial charge in [-0.25, -0.2) is 0 Å². The average molecular weight is 371 g/mol. The van der Waals surface area contributed by atoms with Crippen molar-refractivity contribution in [2.45, 2.75) is 32.9 Å². The number of carbonyl (C=O) groups excluding carboxylic acids is 3. The van der Waals surface area contributed by atoms with Gasteiger partial charge in [-0.2, -0.15) is 0 Å². The van der Waals surface area contributed by atoms with Crippen LogP contribution in [0.3, 0.4) is 0 Å². The molecule has 2 amide bonds. The van der Waals surface area contributed by atoms with E-state index in [9.17, 15) is 14.4 Å². The van der Waals surface area contributed by atoms with Crippen molar-refractivity contribution in [3.8, 4) is 0 Å². The Balaban J connectivity index is 1.86. The Hall–Kier alpha value is -2.67. The van der Waals surface area contributed by atoms with E-state index < -0.39 is 11.7 Å². The first-order chi connectivity index (χ1) is 13.0. The summed E-state index contributed by atoms with van der Waals surface area (Å²) in [5, 5.41) is 3.38. The smallest absolute Gasteiger partial charge is 0.292 e. The van der Waals surface area contributed by atoms with Crippen LogP contribution in [0, 0.1) is 0 Å². The summed E-state index contributed by atoms with van der Waals surface area (Å²) in [5.74, 6) is -1.22. The van der Waals surface area contributed by atoms with Crippen LogP contribution in [0.4, 0.5) is 0 Å². The van der Waals surface area contributed by atoms with E-state index in [4.69, 9.17) is 4.74 Å². The molecular weight excluding hydrogens is 346 g/mol. The molecule has 0 spiro atoms. The Kier molecular flexibility index (Phi) is 5.91. The van der Waals surface area contributed by atoms with Gasteiger partial charge in [0, 0.05) is 36.2 Å². The maximum Gasteiger partial charge on any atom is 0.292 e. The maximum absolute atomic E-state index is 12.7. The highest BCUT2D eigenvalue weighted by Crippen LogP contribution is 2.22. The van der Waals surface area contributed by atoms with Crippen molar-refractivity contribution in [1.29, 1.82) is 0 Å². The summed E-state index contributed by atoms with van der Waals surface area (Å²) in [7, 11) is 0. The first kappa shape index (κ1) is 19.1. The number of morpholine rings is 1. The number of rotatable bonds is 6. The number of carbonyl (C=O) groups is 3. The highest BCUT2D eigenvalue weighted by molar-refractivity contribution is 6.45. The average Bonchev–Trinajstić information content (AvgIpc) is 3.06. The fourth-order valence-corrected chi connectivity index (χ4v) is 3.13. The summed E-state index contributed by atoms with van der Waals surface area (Å²) >= 11 is 0. The molecule has 1 saturated heterocycles. The molecule has 2 aromatic rings. The van der Waals surface area contributed by atoms with Gasteiger partial charge < -0.3 is 19.5 Å². The molecule has 1 fully saturated rings. The number of nitrogens with zero attached hydrogens (tertiary/aromatic N) is 2. The summed E-state index contributed by atoms with van der Waals surface area (Å²) in [5.41, 5.74) is 1.08. The lowest BCUT2D eigenvalue weighted by Crippen LogP contribution is -2.42. The first-order valence-corrected chi connectivity index (χ1v) is 9.29. The molecule has 1 N–H and O–H groups in total. The van der Waals surface area contributed by atoms with Crippen molar-refractivity contribution in [3.05, 3.63) is 36.0 Å². The number of amides is 2. The molecule has 2 heterocycles. The number of ketones is 1. The van der Waals surface area contributed by atoms with Crippen LogP contribution in [0.25, 0.3) is 10.9 Å². The minimum atomic E-state index is -0.619. The van der Waals surface area contributed by atoms with Crippen LogP contribution in [-0.4, -0.2) is 59.4 Å². The van der Waals surface area contributed by atoms with Crippen LogP contribution in [0.1, 0.15) is 30.6 Å². The molecule has 1 aliphatic rings. The lowest BCUT2D eigenvalue weighted by Gasteiger charge is -2.27. The van der Waals surface area contributed by atoms with Crippen molar-refractivity contribution in [1.82, 2.24) is 14.8 Å². The third-order valence-electron chi connectivity index (χ3n) is 4.90. The zero-order valence-electron chi connectivity index (χ0n) is 15.7. The standard InChI is InChI=1S/C20H25N3O4/c1-3-14(2)21-20(26)19(25)16-12-23(17-7-5-4-6-15(16)17)13-18(24)22-8-10-27-11-9-22/h4-7,12,14H,3,8-11,13H2,1-2H3,(H,21,26). The normalized spacial score (nSPS) is 15.6. The monoisotopic (exact) mass is 371 g/mol. The van der Waals surface area contributed by atoms with Gasteiger partial charge >= 0.3 is 0 Å². The molecule has 1 aromatic heterocycles. The highest BCUT2D eigenvalue weighted by Gasteiger charge is 2.24. The topological polar surface area (TPSA) is 80.6 Å². The van der Waals surface area contributed by atoms with Gasteiger partial charge in [-0.1, -0.05) is 25.1 Å². The molecule has 1 aromatic carbocycles. The second-order valence-corrected chi connectivity index (χ2v) is 6.79. The Morgan fingerprint density at radius 2 is 1.89 bits per heavy atom. The van der Waals surface area contributed by atoms with E-state index in [0.717, 1.165) is 11.9 Å². The van der Waals surface area contributed by atoms with E-state index >= 15 is 0 Å². The van der Waals surface area contributed by atoms with Crippen LogP contribution in [-0.2, 0) is 20.9 Å². The predicted octanol–water partition coefficient (Wildman–Crippen LogP) is 1.60. The van der Waals surface area contributed by atoms with Crippen molar-refractivity contribution < 1.29 is 19.1 Å². The van der Waals surface area contributed by atoms with Crippen LogP contribution >= 0.6 is 0 Å². The first-order valence-electron chi connectivity index (χ1n) is 9.29. The van der Waals surface area contributed by atoms with Crippen molar-refractivity contribution in [2.75, 3.05) is 26.3 Å². The minimum absolute atomic E-state index is 0.0258. The fraction of sp³-hybridized carbons (Fsp3) is 0.450. The van der Waals surface area contributed by atoms with Gasteiger partial charge in [0.2, 0.25) is 5.91 Å². The molecule has 0 saturated carbocycles. The summed E-state index contributed by atoms with van der Waals surface area (Å²) < 4.78 is 7.03. The van der Waals surface area contributed by atoms with E-state index in [2.05, 4.69) is 5.32 Å².